The van der Waals surface area contributed by atoms with Gasteiger partial charge in [0.15, 0.2) is 0 Å². The summed E-state index contributed by atoms with van der Waals surface area (Å²) in [5, 5.41) is 0. The quantitative estimate of drug-likeness (QED) is 0.724. The third-order valence-corrected chi connectivity index (χ3v) is 6.50. The molecule has 0 radical (unpaired) electrons. The van der Waals surface area contributed by atoms with Gasteiger partial charge in [-0.3, -0.25) is 4.79 Å². The van der Waals surface area contributed by atoms with E-state index < -0.39 is 0 Å². The molecule has 0 heterocycles. The highest BCUT2D eigenvalue weighted by Crippen LogP contribution is 2.60. The fraction of sp³-hybridized carbons (Fsp3) is 0.778. The lowest BCUT2D eigenvalue weighted by Crippen LogP contribution is -2.56. The monoisotopic (exact) mass is 276 g/mol. The van der Waals surface area contributed by atoms with Crippen molar-refractivity contribution in [1.29, 1.82) is 0 Å². The number of hydrogen-bond donors (Lipinski definition) is 0. The minimum atomic E-state index is -0.243. The molecule has 0 N–H and O–H groups in total. The van der Waals surface area contributed by atoms with Gasteiger partial charge in [0.1, 0.15) is 11.6 Å². The Morgan fingerprint density at radius 3 is 2.60 bits per heavy atom. The summed E-state index contributed by atoms with van der Waals surface area (Å²) in [5.74, 6) is 1.72. The molecule has 0 aliphatic heterocycles. The number of carbonyl (C=O) groups excluding carboxylic acids is 2. The number of rotatable bonds is 3. The van der Waals surface area contributed by atoms with Gasteiger partial charge >= 0.3 is 0 Å². The van der Waals surface area contributed by atoms with Gasteiger partial charge < -0.3 is 4.79 Å². The Balaban J connectivity index is 2.39. The van der Waals surface area contributed by atoms with E-state index >= 15 is 0 Å². The van der Waals surface area contributed by atoms with E-state index in [9.17, 15) is 9.59 Å². The topological polar surface area (TPSA) is 34.1 Å². The van der Waals surface area contributed by atoms with Crippen molar-refractivity contribution in [3.8, 4) is 0 Å². The number of hydrogen-bond acceptors (Lipinski definition) is 2. The Bertz CT molecular complexity index is 450. The summed E-state index contributed by atoms with van der Waals surface area (Å²) < 4.78 is 0. The fourth-order valence-corrected chi connectivity index (χ4v) is 4.52. The highest BCUT2D eigenvalue weighted by atomic mass is 16.1. The van der Waals surface area contributed by atoms with Crippen LogP contribution < -0.4 is 0 Å². The normalized spacial score (nSPS) is 44.2. The molecule has 0 bridgehead atoms. The van der Waals surface area contributed by atoms with Crippen molar-refractivity contribution in [2.75, 3.05) is 0 Å². The molecular formula is C18H28O2. The van der Waals surface area contributed by atoms with Crippen LogP contribution in [0.1, 0.15) is 60.3 Å². The second-order valence-electron chi connectivity index (χ2n) is 7.52. The molecule has 112 valence electrons. The van der Waals surface area contributed by atoms with E-state index in [2.05, 4.69) is 39.8 Å². The third kappa shape index (κ3) is 2.17. The standard InChI is InChI=1S/C18H28O2/c1-12-7-6-8-15-17(4,10-9-14(3)19)13(2)11-16(20)18(12,15)5/h6-7,12-13,15H,8-11H2,1-5H3/t12-,13+,15-,17+,18-/m0/s1. The second kappa shape index (κ2) is 5.13. The lowest BCUT2D eigenvalue weighted by atomic mass is 9.45. The number of fused-ring (bicyclic) bond motifs is 1. The number of Topliss-reactive ketones (excluding diaryl/α,β-unsaturated/α-hetero) is 2. The molecule has 0 aromatic carbocycles. The van der Waals surface area contributed by atoms with Crippen LogP contribution in [0.2, 0.25) is 0 Å². The minimum Gasteiger partial charge on any atom is -0.300 e. The van der Waals surface area contributed by atoms with Crippen LogP contribution in [0.15, 0.2) is 12.2 Å². The first-order valence-corrected chi connectivity index (χ1v) is 7.92. The van der Waals surface area contributed by atoms with Gasteiger partial charge in [0.2, 0.25) is 0 Å². The van der Waals surface area contributed by atoms with E-state index in [1.807, 2.05) is 0 Å². The second-order valence-corrected chi connectivity index (χ2v) is 7.52. The van der Waals surface area contributed by atoms with E-state index in [1.54, 1.807) is 6.92 Å². The van der Waals surface area contributed by atoms with E-state index in [0.29, 0.717) is 36.4 Å². The summed E-state index contributed by atoms with van der Waals surface area (Å²) in [4.78, 5) is 24.1. The highest BCUT2D eigenvalue weighted by molar-refractivity contribution is 5.87. The summed E-state index contributed by atoms with van der Waals surface area (Å²) in [6.07, 6.45) is 7.65. The zero-order valence-electron chi connectivity index (χ0n) is 13.5. The minimum absolute atomic E-state index is 0.0906. The van der Waals surface area contributed by atoms with Gasteiger partial charge in [-0.05, 0) is 42.9 Å². The van der Waals surface area contributed by atoms with Crippen LogP contribution in [0.3, 0.4) is 0 Å². The van der Waals surface area contributed by atoms with Crippen LogP contribution in [0.4, 0.5) is 0 Å². The summed E-state index contributed by atoms with van der Waals surface area (Å²) >= 11 is 0. The van der Waals surface area contributed by atoms with Crippen LogP contribution in [0.5, 0.6) is 0 Å². The van der Waals surface area contributed by atoms with Gasteiger partial charge in [-0.15, -0.1) is 0 Å². The largest absolute Gasteiger partial charge is 0.300 e. The molecule has 2 rings (SSSR count). The van der Waals surface area contributed by atoms with Gasteiger partial charge in [0.25, 0.3) is 0 Å². The van der Waals surface area contributed by atoms with Crippen molar-refractivity contribution in [3.63, 3.8) is 0 Å². The molecule has 2 aliphatic carbocycles. The molecule has 2 heteroatoms. The van der Waals surface area contributed by atoms with Crippen molar-refractivity contribution in [3.05, 3.63) is 12.2 Å². The molecule has 0 aromatic rings. The van der Waals surface area contributed by atoms with Gasteiger partial charge in [0.05, 0.1) is 0 Å². The Morgan fingerprint density at radius 1 is 1.35 bits per heavy atom. The molecule has 5 atom stereocenters. The van der Waals surface area contributed by atoms with E-state index in [-0.39, 0.29) is 16.6 Å². The SMILES string of the molecule is CC(=O)CC[C@]1(C)[C@H](C)CC(=O)[C@@]2(C)[C@@H](C)C=CC[C@@H]12. The molecular weight excluding hydrogens is 248 g/mol. The Hall–Kier alpha value is -0.920. The molecule has 1 saturated carbocycles. The Labute approximate surface area is 123 Å². The van der Waals surface area contributed by atoms with Crippen LogP contribution in [-0.2, 0) is 9.59 Å². The first kappa shape index (κ1) is 15.5. The van der Waals surface area contributed by atoms with Gasteiger partial charge in [0, 0.05) is 18.3 Å². The number of carbonyl (C=O) groups is 2. The van der Waals surface area contributed by atoms with Gasteiger partial charge in [-0.25, -0.2) is 0 Å². The average Bonchev–Trinajstić information content (AvgIpc) is 2.37. The molecule has 0 unspecified atom stereocenters. The molecule has 2 nitrogen and oxygen atoms in total. The zero-order valence-corrected chi connectivity index (χ0v) is 13.5. The van der Waals surface area contributed by atoms with E-state index in [0.717, 1.165) is 12.8 Å². The lowest BCUT2D eigenvalue weighted by molar-refractivity contribution is -0.153. The lowest BCUT2D eigenvalue weighted by Gasteiger charge is -2.57. The average molecular weight is 276 g/mol. The molecule has 0 saturated heterocycles. The van der Waals surface area contributed by atoms with Crippen molar-refractivity contribution in [2.45, 2.75) is 60.3 Å². The van der Waals surface area contributed by atoms with E-state index in [4.69, 9.17) is 0 Å². The summed E-state index contributed by atoms with van der Waals surface area (Å²) in [6.45, 7) is 10.5. The number of allylic oxidation sites excluding steroid dienone is 2. The first-order valence-electron chi connectivity index (χ1n) is 7.92. The Kier molecular flexibility index (Phi) is 3.96. The maximum atomic E-state index is 12.7. The summed E-state index contributed by atoms with van der Waals surface area (Å²) in [7, 11) is 0. The van der Waals surface area contributed by atoms with Gasteiger partial charge in [-0.2, -0.15) is 0 Å². The fourth-order valence-electron chi connectivity index (χ4n) is 4.52. The van der Waals surface area contributed by atoms with Crippen LogP contribution in [0, 0.1) is 28.6 Å². The van der Waals surface area contributed by atoms with Crippen LogP contribution in [-0.4, -0.2) is 11.6 Å². The highest BCUT2D eigenvalue weighted by Gasteiger charge is 2.58. The van der Waals surface area contributed by atoms with Gasteiger partial charge in [-0.1, -0.05) is 39.8 Å². The summed E-state index contributed by atoms with van der Waals surface area (Å²) in [5.41, 5.74) is -0.153. The predicted octanol–water partition coefficient (Wildman–Crippen LogP) is 4.19. The smallest absolute Gasteiger partial charge is 0.139 e. The van der Waals surface area contributed by atoms with Crippen molar-refractivity contribution < 1.29 is 9.59 Å². The number of ketones is 2. The molecule has 1 fully saturated rings. The molecule has 0 aromatic heterocycles. The van der Waals surface area contributed by atoms with Crippen LogP contribution in [0.25, 0.3) is 0 Å². The molecule has 0 amide bonds. The maximum absolute atomic E-state index is 12.7. The van der Waals surface area contributed by atoms with Crippen molar-refractivity contribution in [2.24, 2.45) is 28.6 Å². The molecule has 2 aliphatic rings. The summed E-state index contributed by atoms with van der Waals surface area (Å²) in [6, 6.07) is 0. The van der Waals surface area contributed by atoms with Crippen LogP contribution >= 0.6 is 0 Å². The van der Waals surface area contributed by atoms with E-state index in [1.165, 1.54) is 0 Å². The van der Waals surface area contributed by atoms with Crippen molar-refractivity contribution in [1.82, 2.24) is 0 Å². The molecule has 0 spiro atoms. The first-order chi connectivity index (χ1) is 9.22. The predicted molar refractivity (Wildman–Crippen MR) is 81.3 cm³/mol. The zero-order chi connectivity index (χ0) is 15.1. The Morgan fingerprint density at radius 2 is 2.00 bits per heavy atom. The third-order valence-electron chi connectivity index (χ3n) is 6.50. The molecule has 20 heavy (non-hydrogen) atoms. The van der Waals surface area contributed by atoms with Crippen molar-refractivity contribution >= 4 is 11.6 Å². The maximum Gasteiger partial charge on any atom is 0.139 e.